The zero-order chi connectivity index (χ0) is 19.9. The molecule has 0 spiro atoms. The number of hydrogen-bond donors (Lipinski definition) is 1. The van der Waals surface area contributed by atoms with Gasteiger partial charge in [0.2, 0.25) is 0 Å². The van der Waals surface area contributed by atoms with Crippen molar-refractivity contribution in [1.82, 2.24) is 4.98 Å². The Morgan fingerprint density at radius 1 is 1.18 bits per heavy atom. The van der Waals surface area contributed by atoms with Crippen LogP contribution in [0.5, 0.6) is 11.5 Å². The number of nitrogens with zero attached hydrogens (tertiary/aromatic N) is 1. The molecule has 0 aliphatic rings. The number of carboxylic acid groups (broad SMARTS) is 1. The Kier molecular flexibility index (Phi) is 6.11. The summed E-state index contributed by atoms with van der Waals surface area (Å²) in [6, 6.07) is 14.6. The molecule has 0 saturated carbocycles. The number of oxazole rings is 1. The molecule has 2 aromatic carbocycles. The van der Waals surface area contributed by atoms with Gasteiger partial charge in [0.15, 0.2) is 17.8 Å². The van der Waals surface area contributed by atoms with Crippen LogP contribution in [-0.2, 0) is 4.74 Å². The van der Waals surface area contributed by atoms with E-state index in [1.807, 2.05) is 30.3 Å². The molecule has 0 aliphatic carbocycles. The highest BCUT2D eigenvalue weighted by Crippen LogP contribution is 2.35. The van der Waals surface area contributed by atoms with Crippen LogP contribution in [0.15, 0.2) is 65.9 Å². The number of unbranched alkanes of at least 4 members (excludes halogenated alkanes) is 1. The van der Waals surface area contributed by atoms with E-state index in [2.05, 4.69) is 18.5 Å². The quantitative estimate of drug-likeness (QED) is 0.384. The molecule has 3 rings (SSSR count). The molecule has 0 aliphatic heterocycles. The number of benzene rings is 2. The van der Waals surface area contributed by atoms with E-state index in [4.69, 9.17) is 13.9 Å². The average Bonchev–Trinajstić information content (AvgIpc) is 3.19. The van der Waals surface area contributed by atoms with Crippen molar-refractivity contribution >= 4 is 11.7 Å². The highest BCUT2D eigenvalue weighted by Gasteiger charge is 2.22. The SMILES string of the molecule is C=C(OCCCC)c1cc(Oc2ccccc2)ccc1-c1ocnc1C(=O)O. The van der Waals surface area contributed by atoms with Crippen molar-refractivity contribution in [3.8, 4) is 22.8 Å². The van der Waals surface area contributed by atoms with E-state index >= 15 is 0 Å². The van der Waals surface area contributed by atoms with Crippen LogP contribution >= 0.6 is 0 Å². The Balaban J connectivity index is 1.99. The molecule has 3 aromatic rings. The molecule has 144 valence electrons. The summed E-state index contributed by atoms with van der Waals surface area (Å²) < 4.78 is 17.0. The second kappa shape index (κ2) is 8.90. The monoisotopic (exact) mass is 379 g/mol. The van der Waals surface area contributed by atoms with E-state index in [1.165, 1.54) is 0 Å². The second-order valence-electron chi connectivity index (χ2n) is 6.08. The summed E-state index contributed by atoms with van der Waals surface area (Å²) in [6.07, 6.45) is 2.98. The summed E-state index contributed by atoms with van der Waals surface area (Å²) >= 11 is 0. The molecule has 0 radical (unpaired) electrons. The number of aromatic carboxylic acids is 1. The summed E-state index contributed by atoms with van der Waals surface area (Å²) in [5.74, 6) is 0.645. The molecular formula is C22H21NO5. The van der Waals surface area contributed by atoms with Crippen LogP contribution in [0.2, 0.25) is 0 Å². The van der Waals surface area contributed by atoms with Gasteiger partial charge < -0.3 is 19.0 Å². The molecule has 6 nitrogen and oxygen atoms in total. The van der Waals surface area contributed by atoms with Gasteiger partial charge in [-0.05, 0) is 36.8 Å². The maximum atomic E-state index is 11.5. The van der Waals surface area contributed by atoms with Crippen LogP contribution in [0.25, 0.3) is 17.1 Å². The molecule has 0 amide bonds. The second-order valence-corrected chi connectivity index (χ2v) is 6.08. The normalized spacial score (nSPS) is 10.5. The van der Waals surface area contributed by atoms with Crippen LogP contribution in [-0.4, -0.2) is 22.7 Å². The minimum atomic E-state index is -1.17. The lowest BCUT2D eigenvalue weighted by Crippen LogP contribution is -2.01. The summed E-state index contributed by atoms with van der Waals surface area (Å²) in [6.45, 7) is 6.59. The van der Waals surface area contributed by atoms with Gasteiger partial charge >= 0.3 is 5.97 Å². The van der Waals surface area contributed by atoms with Crippen molar-refractivity contribution < 1.29 is 23.8 Å². The number of aromatic nitrogens is 1. The summed E-state index contributed by atoms with van der Waals surface area (Å²) in [5.41, 5.74) is 0.944. The van der Waals surface area contributed by atoms with Crippen molar-refractivity contribution in [3.05, 3.63) is 72.8 Å². The van der Waals surface area contributed by atoms with E-state index in [0.717, 1.165) is 19.2 Å². The molecule has 0 fully saturated rings. The molecule has 1 heterocycles. The summed E-state index contributed by atoms with van der Waals surface area (Å²) in [4.78, 5) is 15.2. The van der Waals surface area contributed by atoms with Crippen LogP contribution in [0.4, 0.5) is 0 Å². The highest BCUT2D eigenvalue weighted by molar-refractivity contribution is 5.94. The van der Waals surface area contributed by atoms with Crippen LogP contribution < -0.4 is 4.74 Å². The van der Waals surface area contributed by atoms with Crippen molar-refractivity contribution in [1.29, 1.82) is 0 Å². The third kappa shape index (κ3) is 4.40. The van der Waals surface area contributed by atoms with Gasteiger partial charge in [-0.1, -0.05) is 38.1 Å². The first-order valence-electron chi connectivity index (χ1n) is 8.96. The van der Waals surface area contributed by atoms with E-state index < -0.39 is 5.97 Å². The van der Waals surface area contributed by atoms with Gasteiger partial charge in [-0.15, -0.1) is 0 Å². The first-order chi connectivity index (χ1) is 13.6. The van der Waals surface area contributed by atoms with Gasteiger partial charge in [-0.25, -0.2) is 9.78 Å². The van der Waals surface area contributed by atoms with Crippen molar-refractivity contribution in [3.63, 3.8) is 0 Å². The topological polar surface area (TPSA) is 81.8 Å². The molecular weight excluding hydrogens is 358 g/mol. The number of carboxylic acids is 1. The average molecular weight is 379 g/mol. The number of para-hydroxylation sites is 1. The predicted molar refractivity (Wildman–Crippen MR) is 105 cm³/mol. The van der Waals surface area contributed by atoms with Gasteiger partial charge in [0, 0.05) is 11.1 Å². The Bertz CT molecular complexity index is 962. The molecule has 6 heteroatoms. The smallest absolute Gasteiger partial charge is 0.358 e. The van der Waals surface area contributed by atoms with E-state index in [-0.39, 0.29) is 11.5 Å². The van der Waals surface area contributed by atoms with Gasteiger partial charge in [-0.3, -0.25) is 0 Å². The van der Waals surface area contributed by atoms with Gasteiger partial charge in [0.25, 0.3) is 0 Å². The summed E-state index contributed by atoms with van der Waals surface area (Å²) in [7, 11) is 0. The van der Waals surface area contributed by atoms with Gasteiger partial charge in [-0.2, -0.15) is 0 Å². The van der Waals surface area contributed by atoms with E-state index in [9.17, 15) is 9.90 Å². The molecule has 1 N–H and O–H groups in total. The maximum Gasteiger partial charge on any atom is 0.358 e. The molecule has 0 saturated heterocycles. The first kappa shape index (κ1) is 19.2. The largest absolute Gasteiger partial charge is 0.494 e. The Labute approximate surface area is 163 Å². The van der Waals surface area contributed by atoms with Crippen molar-refractivity contribution in [2.75, 3.05) is 6.61 Å². The molecule has 0 unspecified atom stereocenters. The number of ether oxygens (including phenoxy) is 2. The lowest BCUT2D eigenvalue weighted by molar-refractivity contribution is 0.0691. The molecule has 0 bridgehead atoms. The van der Waals surface area contributed by atoms with Crippen LogP contribution in [0.3, 0.4) is 0 Å². The van der Waals surface area contributed by atoms with Gasteiger partial charge in [0.1, 0.15) is 17.3 Å². The molecule has 28 heavy (non-hydrogen) atoms. The predicted octanol–water partition coefficient (Wildman–Crippen LogP) is 5.62. The fourth-order valence-electron chi connectivity index (χ4n) is 2.65. The minimum absolute atomic E-state index is 0.147. The maximum absolute atomic E-state index is 11.5. The third-order valence-electron chi connectivity index (χ3n) is 4.06. The Morgan fingerprint density at radius 3 is 2.68 bits per heavy atom. The van der Waals surface area contributed by atoms with Crippen LogP contribution in [0.1, 0.15) is 35.8 Å². The lowest BCUT2D eigenvalue weighted by atomic mass is 10.0. The van der Waals surface area contributed by atoms with E-state index in [1.54, 1.807) is 18.2 Å². The van der Waals surface area contributed by atoms with Crippen LogP contribution in [0, 0.1) is 0 Å². The molecule has 1 aromatic heterocycles. The lowest BCUT2D eigenvalue weighted by Gasteiger charge is -2.14. The number of hydrogen-bond acceptors (Lipinski definition) is 5. The summed E-state index contributed by atoms with van der Waals surface area (Å²) in [5, 5.41) is 9.37. The third-order valence-corrected chi connectivity index (χ3v) is 4.06. The zero-order valence-corrected chi connectivity index (χ0v) is 15.6. The first-order valence-corrected chi connectivity index (χ1v) is 8.96. The van der Waals surface area contributed by atoms with E-state index in [0.29, 0.717) is 35.0 Å². The fourth-order valence-corrected chi connectivity index (χ4v) is 2.65. The minimum Gasteiger partial charge on any atom is -0.494 e. The molecule has 0 atom stereocenters. The fraction of sp³-hybridized carbons (Fsp3) is 0.182. The standard InChI is InChI=1S/C22H21NO5/c1-3-4-12-26-15(2)19-13-17(28-16-8-6-5-7-9-16)10-11-18(19)21-20(22(24)25)23-14-27-21/h5-11,13-14H,2-4,12H2,1H3,(H,24,25). The highest BCUT2D eigenvalue weighted by atomic mass is 16.5. The number of carbonyl (C=O) groups is 1. The van der Waals surface area contributed by atoms with Gasteiger partial charge in [0.05, 0.1) is 6.61 Å². The Morgan fingerprint density at radius 2 is 1.96 bits per heavy atom. The Hall–Kier alpha value is -3.54. The number of rotatable bonds is 9. The van der Waals surface area contributed by atoms with Crippen molar-refractivity contribution in [2.24, 2.45) is 0 Å². The zero-order valence-electron chi connectivity index (χ0n) is 15.6. The van der Waals surface area contributed by atoms with Crippen molar-refractivity contribution in [2.45, 2.75) is 19.8 Å².